The Hall–Kier alpha value is -1.21. The van der Waals surface area contributed by atoms with Crippen LogP contribution in [0.1, 0.15) is 39.0 Å². The molecule has 1 fully saturated rings. The first-order chi connectivity index (χ1) is 9.59. The van der Waals surface area contributed by atoms with Gasteiger partial charge in [0.1, 0.15) is 4.90 Å². The van der Waals surface area contributed by atoms with Crippen molar-refractivity contribution in [2.75, 3.05) is 18.9 Å². The van der Waals surface area contributed by atoms with Gasteiger partial charge in [-0.25, -0.2) is 18.4 Å². The second-order valence-electron chi connectivity index (χ2n) is 4.99. The zero-order valence-electron chi connectivity index (χ0n) is 12.0. The lowest BCUT2D eigenvalue weighted by Crippen LogP contribution is -2.41. The van der Waals surface area contributed by atoms with E-state index in [1.807, 2.05) is 6.92 Å². The molecular formula is C13H22N4O2S. The highest BCUT2D eigenvalue weighted by Gasteiger charge is 2.31. The van der Waals surface area contributed by atoms with Crippen LogP contribution in [0.15, 0.2) is 17.3 Å². The number of nitrogens with zero attached hydrogens (tertiary/aromatic N) is 3. The van der Waals surface area contributed by atoms with Crippen molar-refractivity contribution in [3.63, 3.8) is 0 Å². The highest BCUT2D eigenvalue weighted by Crippen LogP contribution is 2.27. The molecule has 0 spiro atoms. The van der Waals surface area contributed by atoms with Crippen LogP contribution in [0.2, 0.25) is 0 Å². The minimum absolute atomic E-state index is 0.114. The number of rotatable bonds is 5. The first-order valence-electron chi connectivity index (χ1n) is 7.11. The summed E-state index contributed by atoms with van der Waals surface area (Å²) >= 11 is 0. The van der Waals surface area contributed by atoms with Crippen LogP contribution in [0, 0.1) is 0 Å². The number of hydrogen-bond acceptors (Lipinski definition) is 5. The van der Waals surface area contributed by atoms with Gasteiger partial charge in [-0.05, 0) is 12.8 Å². The minimum Gasteiger partial charge on any atom is -0.357 e. The Balaban J connectivity index is 2.25. The largest absolute Gasteiger partial charge is 0.357 e. The molecule has 0 radical (unpaired) electrons. The van der Waals surface area contributed by atoms with E-state index in [0.717, 1.165) is 25.7 Å². The SMILES string of the molecule is CCN(C1CCCCC1)S(=O)(=O)c1cnc(NC)nc1. The summed E-state index contributed by atoms with van der Waals surface area (Å²) in [6.07, 6.45) is 8.05. The maximum absolute atomic E-state index is 12.7. The molecule has 1 aliphatic rings. The van der Waals surface area contributed by atoms with Crippen molar-refractivity contribution in [3.8, 4) is 0 Å². The molecule has 2 rings (SSSR count). The molecule has 0 amide bonds. The topological polar surface area (TPSA) is 75.2 Å². The van der Waals surface area contributed by atoms with Gasteiger partial charge in [-0.3, -0.25) is 0 Å². The maximum atomic E-state index is 12.7. The van der Waals surface area contributed by atoms with Crippen LogP contribution in [0.3, 0.4) is 0 Å². The molecule has 6 nitrogen and oxygen atoms in total. The Morgan fingerprint density at radius 1 is 1.25 bits per heavy atom. The van der Waals surface area contributed by atoms with Crippen molar-refractivity contribution in [1.82, 2.24) is 14.3 Å². The van der Waals surface area contributed by atoms with Gasteiger partial charge in [0.2, 0.25) is 16.0 Å². The summed E-state index contributed by atoms with van der Waals surface area (Å²) in [6.45, 7) is 2.37. The summed E-state index contributed by atoms with van der Waals surface area (Å²) in [5.74, 6) is 0.421. The van der Waals surface area contributed by atoms with Crippen molar-refractivity contribution in [2.45, 2.75) is 50.0 Å². The van der Waals surface area contributed by atoms with Gasteiger partial charge in [0, 0.05) is 19.6 Å². The van der Waals surface area contributed by atoms with E-state index in [0.29, 0.717) is 12.5 Å². The molecule has 1 aromatic rings. The summed E-state index contributed by atoms with van der Waals surface area (Å²) in [7, 11) is -1.80. The highest BCUT2D eigenvalue weighted by atomic mass is 32.2. The van der Waals surface area contributed by atoms with Crippen LogP contribution in [-0.2, 0) is 10.0 Å². The third-order valence-corrected chi connectivity index (χ3v) is 5.73. The van der Waals surface area contributed by atoms with Gasteiger partial charge in [0.15, 0.2) is 0 Å². The number of nitrogens with one attached hydrogen (secondary N) is 1. The van der Waals surface area contributed by atoms with Crippen LogP contribution in [0.4, 0.5) is 5.95 Å². The first kappa shape index (κ1) is 15.2. The van der Waals surface area contributed by atoms with Gasteiger partial charge < -0.3 is 5.32 Å². The number of sulfonamides is 1. The lowest BCUT2D eigenvalue weighted by molar-refractivity contribution is 0.261. The van der Waals surface area contributed by atoms with E-state index in [4.69, 9.17) is 0 Å². The highest BCUT2D eigenvalue weighted by molar-refractivity contribution is 7.89. The molecule has 112 valence electrons. The molecule has 7 heteroatoms. The monoisotopic (exact) mass is 298 g/mol. The Labute approximate surface area is 120 Å². The van der Waals surface area contributed by atoms with E-state index >= 15 is 0 Å². The number of aromatic nitrogens is 2. The van der Waals surface area contributed by atoms with Crippen LogP contribution in [-0.4, -0.2) is 42.3 Å². The molecule has 0 aliphatic heterocycles. The van der Waals surface area contributed by atoms with Crippen molar-refractivity contribution in [3.05, 3.63) is 12.4 Å². The lowest BCUT2D eigenvalue weighted by Gasteiger charge is -2.32. The molecule has 1 heterocycles. The van der Waals surface area contributed by atoms with Gasteiger partial charge in [-0.2, -0.15) is 4.31 Å². The van der Waals surface area contributed by atoms with Crippen LogP contribution in [0.5, 0.6) is 0 Å². The summed E-state index contributed by atoms with van der Waals surface area (Å²) in [6, 6.07) is 0.114. The Morgan fingerprint density at radius 2 is 1.85 bits per heavy atom. The Bertz CT molecular complexity index is 524. The zero-order valence-corrected chi connectivity index (χ0v) is 12.9. The average molecular weight is 298 g/mol. The van der Waals surface area contributed by atoms with Gasteiger partial charge in [-0.15, -0.1) is 0 Å². The molecule has 1 saturated carbocycles. The van der Waals surface area contributed by atoms with Gasteiger partial charge in [-0.1, -0.05) is 26.2 Å². The average Bonchev–Trinajstić information content (AvgIpc) is 2.49. The minimum atomic E-state index is -3.50. The second-order valence-corrected chi connectivity index (χ2v) is 6.88. The molecule has 20 heavy (non-hydrogen) atoms. The van der Waals surface area contributed by atoms with E-state index in [-0.39, 0.29) is 10.9 Å². The number of anilines is 1. The molecule has 0 saturated heterocycles. The van der Waals surface area contributed by atoms with Crippen molar-refractivity contribution in [1.29, 1.82) is 0 Å². The van der Waals surface area contributed by atoms with Crippen molar-refractivity contribution >= 4 is 16.0 Å². The molecule has 0 bridgehead atoms. The Morgan fingerprint density at radius 3 is 2.35 bits per heavy atom. The van der Waals surface area contributed by atoms with E-state index in [9.17, 15) is 8.42 Å². The molecular weight excluding hydrogens is 276 g/mol. The second kappa shape index (κ2) is 6.49. The van der Waals surface area contributed by atoms with Gasteiger partial charge in [0.05, 0.1) is 12.4 Å². The smallest absolute Gasteiger partial charge is 0.246 e. The van der Waals surface area contributed by atoms with Crippen molar-refractivity contribution < 1.29 is 8.42 Å². The van der Waals surface area contributed by atoms with Crippen LogP contribution >= 0.6 is 0 Å². The van der Waals surface area contributed by atoms with Crippen LogP contribution < -0.4 is 5.32 Å². The summed E-state index contributed by atoms with van der Waals surface area (Å²) < 4.78 is 27.0. The van der Waals surface area contributed by atoms with Gasteiger partial charge >= 0.3 is 0 Å². The number of hydrogen-bond donors (Lipinski definition) is 1. The predicted molar refractivity (Wildman–Crippen MR) is 78.0 cm³/mol. The third-order valence-electron chi connectivity index (χ3n) is 3.75. The molecule has 0 unspecified atom stereocenters. The standard InChI is InChI=1S/C13H22N4O2S/c1-3-17(11-7-5-4-6-8-11)20(18,19)12-9-15-13(14-2)16-10-12/h9-11H,3-8H2,1-2H3,(H,14,15,16). The first-order valence-corrected chi connectivity index (χ1v) is 8.55. The molecule has 0 aromatic carbocycles. The van der Waals surface area contributed by atoms with E-state index in [1.165, 1.54) is 18.8 Å². The van der Waals surface area contributed by atoms with Gasteiger partial charge in [0.25, 0.3) is 0 Å². The molecule has 1 N–H and O–H groups in total. The van der Waals surface area contributed by atoms with Crippen molar-refractivity contribution in [2.24, 2.45) is 0 Å². The van der Waals surface area contributed by atoms with E-state index in [1.54, 1.807) is 11.4 Å². The summed E-state index contributed by atoms with van der Waals surface area (Å²) in [4.78, 5) is 8.16. The van der Waals surface area contributed by atoms with E-state index < -0.39 is 10.0 Å². The predicted octanol–water partition coefficient (Wildman–Crippen LogP) is 1.86. The van der Waals surface area contributed by atoms with E-state index in [2.05, 4.69) is 15.3 Å². The zero-order chi connectivity index (χ0) is 14.6. The molecule has 1 aromatic heterocycles. The Kier molecular flexibility index (Phi) is 4.93. The normalized spacial score (nSPS) is 17.4. The van der Waals surface area contributed by atoms with Crippen LogP contribution in [0.25, 0.3) is 0 Å². The quantitative estimate of drug-likeness (QED) is 0.898. The third kappa shape index (κ3) is 3.09. The molecule has 1 aliphatic carbocycles. The lowest BCUT2D eigenvalue weighted by atomic mass is 9.95. The summed E-state index contributed by atoms with van der Waals surface area (Å²) in [5.41, 5.74) is 0. The molecule has 0 atom stereocenters. The fourth-order valence-corrected chi connectivity index (χ4v) is 4.29. The fraction of sp³-hybridized carbons (Fsp3) is 0.692. The fourth-order valence-electron chi connectivity index (χ4n) is 2.71. The maximum Gasteiger partial charge on any atom is 0.246 e. The summed E-state index contributed by atoms with van der Waals surface area (Å²) in [5, 5.41) is 2.78.